The summed E-state index contributed by atoms with van der Waals surface area (Å²) >= 11 is 0. The molecule has 1 aliphatic rings. The highest BCUT2D eigenvalue weighted by Gasteiger charge is 2.22. The highest BCUT2D eigenvalue weighted by Crippen LogP contribution is 2.31. The number of hydrogen-bond donors (Lipinski definition) is 1. The minimum absolute atomic E-state index is 0.429. The molecular formula is C20H22N4. The predicted molar refractivity (Wildman–Crippen MR) is 98.5 cm³/mol. The summed E-state index contributed by atoms with van der Waals surface area (Å²) in [5.41, 5.74) is 4.15. The second-order valence-corrected chi connectivity index (χ2v) is 5.81. The summed E-state index contributed by atoms with van der Waals surface area (Å²) in [5, 5.41) is 3.42. The van der Waals surface area contributed by atoms with Gasteiger partial charge in [0.2, 0.25) is 0 Å². The molecule has 24 heavy (non-hydrogen) atoms. The molecule has 0 aromatic carbocycles. The van der Waals surface area contributed by atoms with Gasteiger partial charge in [0.25, 0.3) is 0 Å². The van der Waals surface area contributed by atoms with Gasteiger partial charge in [-0.1, -0.05) is 31.4 Å². The van der Waals surface area contributed by atoms with Crippen molar-refractivity contribution in [1.29, 1.82) is 0 Å². The van der Waals surface area contributed by atoms with Crippen LogP contribution in [0.15, 0.2) is 62.1 Å². The standard InChI is InChI=1S/C20H22N4/c1-3-5-15(4-2)18-14-23-20(17-8-12-22-13-9-17)24-19(18)16-6-10-21-11-7-16/h3-5,8-9,12-14,16,21H,1-2,6-7,10-11H2. The molecule has 0 atom stereocenters. The maximum atomic E-state index is 4.93. The Morgan fingerprint density at radius 2 is 1.92 bits per heavy atom. The molecule has 0 unspecified atom stereocenters. The van der Waals surface area contributed by atoms with Crippen LogP contribution in [0, 0.1) is 0 Å². The van der Waals surface area contributed by atoms with Crippen molar-refractivity contribution in [2.24, 2.45) is 0 Å². The van der Waals surface area contributed by atoms with Crippen molar-refractivity contribution >= 4 is 5.57 Å². The third-order valence-corrected chi connectivity index (χ3v) is 4.31. The molecule has 2 aromatic heterocycles. The maximum Gasteiger partial charge on any atom is 0.159 e. The molecule has 0 aliphatic carbocycles. The first-order valence-electron chi connectivity index (χ1n) is 8.27. The highest BCUT2D eigenvalue weighted by molar-refractivity contribution is 5.76. The Morgan fingerprint density at radius 1 is 1.17 bits per heavy atom. The van der Waals surface area contributed by atoms with Gasteiger partial charge in [0.15, 0.2) is 5.82 Å². The van der Waals surface area contributed by atoms with Crippen molar-refractivity contribution < 1.29 is 0 Å². The van der Waals surface area contributed by atoms with Crippen LogP contribution in [-0.4, -0.2) is 28.0 Å². The lowest BCUT2D eigenvalue weighted by molar-refractivity contribution is 0.452. The molecule has 0 amide bonds. The molecule has 3 rings (SSSR count). The summed E-state index contributed by atoms with van der Waals surface area (Å²) in [6, 6.07) is 3.88. The summed E-state index contributed by atoms with van der Waals surface area (Å²) in [4.78, 5) is 13.6. The van der Waals surface area contributed by atoms with Crippen molar-refractivity contribution in [1.82, 2.24) is 20.3 Å². The molecule has 0 saturated carbocycles. The van der Waals surface area contributed by atoms with Gasteiger partial charge in [0.1, 0.15) is 0 Å². The largest absolute Gasteiger partial charge is 0.317 e. The number of piperidine rings is 1. The van der Waals surface area contributed by atoms with Gasteiger partial charge in [-0.05, 0) is 43.6 Å². The Balaban J connectivity index is 2.09. The number of allylic oxidation sites excluding steroid dienone is 4. The molecule has 1 saturated heterocycles. The van der Waals surface area contributed by atoms with E-state index in [9.17, 15) is 0 Å². The molecule has 0 bridgehead atoms. The van der Waals surface area contributed by atoms with E-state index in [1.165, 1.54) is 0 Å². The van der Waals surface area contributed by atoms with Gasteiger partial charge in [-0.3, -0.25) is 4.98 Å². The first-order chi connectivity index (χ1) is 11.8. The first kappa shape index (κ1) is 16.3. The van der Waals surface area contributed by atoms with Crippen LogP contribution in [0.25, 0.3) is 17.0 Å². The Morgan fingerprint density at radius 3 is 2.58 bits per heavy atom. The normalized spacial score (nSPS) is 15.9. The van der Waals surface area contributed by atoms with Crippen LogP contribution in [0.4, 0.5) is 0 Å². The number of nitrogens with zero attached hydrogens (tertiary/aromatic N) is 3. The van der Waals surface area contributed by atoms with E-state index in [1.54, 1.807) is 18.5 Å². The molecule has 0 spiro atoms. The second-order valence-electron chi connectivity index (χ2n) is 5.81. The van der Waals surface area contributed by atoms with Crippen molar-refractivity contribution in [3.8, 4) is 11.4 Å². The molecular weight excluding hydrogens is 296 g/mol. The number of rotatable bonds is 5. The number of aromatic nitrogens is 3. The van der Waals surface area contributed by atoms with Crippen LogP contribution in [0.3, 0.4) is 0 Å². The molecule has 1 N–H and O–H groups in total. The van der Waals surface area contributed by atoms with Crippen molar-refractivity contribution in [3.63, 3.8) is 0 Å². The Bertz CT molecular complexity index is 743. The van der Waals surface area contributed by atoms with Gasteiger partial charge in [0, 0.05) is 35.6 Å². The Labute approximate surface area is 143 Å². The summed E-state index contributed by atoms with van der Waals surface area (Å²) < 4.78 is 0. The number of hydrogen-bond acceptors (Lipinski definition) is 4. The zero-order chi connectivity index (χ0) is 16.8. The maximum absolute atomic E-state index is 4.93. The minimum Gasteiger partial charge on any atom is -0.317 e. The summed E-state index contributed by atoms with van der Waals surface area (Å²) in [7, 11) is 0. The fourth-order valence-electron chi connectivity index (χ4n) is 3.06. The van der Waals surface area contributed by atoms with Gasteiger partial charge in [-0.2, -0.15) is 0 Å². The van der Waals surface area contributed by atoms with Gasteiger partial charge < -0.3 is 5.32 Å². The molecule has 4 nitrogen and oxygen atoms in total. The number of nitrogens with one attached hydrogen (secondary N) is 1. The topological polar surface area (TPSA) is 50.7 Å². The van der Waals surface area contributed by atoms with E-state index in [4.69, 9.17) is 4.98 Å². The van der Waals surface area contributed by atoms with Crippen LogP contribution in [0.5, 0.6) is 0 Å². The smallest absolute Gasteiger partial charge is 0.159 e. The Hall–Kier alpha value is -2.59. The summed E-state index contributed by atoms with van der Waals surface area (Å²) in [6.45, 7) is 9.77. The van der Waals surface area contributed by atoms with Crippen molar-refractivity contribution in [3.05, 3.63) is 73.4 Å². The lowest BCUT2D eigenvalue weighted by Crippen LogP contribution is -2.27. The van der Waals surface area contributed by atoms with Crippen molar-refractivity contribution in [2.75, 3.05) is 13.1 Å². The highest BCUT2D eigenvalue weighted by atomic mass is 14.9. The molecule has 4 heteroatoms. The monoisotopic (exact) mass is 318 g/mol. The fraction of sp³-hybridized carbons (Fsp3) is 0.250. The third-order valence-electron chi connectivity index (χ3n) is 4.31. The van der Waals surface area contributed by atoms with E-state index in [2.05, 4.69) is 28.4 Å². The number of pyridine rings is 1. The Kier molecular flexibility index (Phi) is 5.29. The van der Waals surface area contributed by atoms with E-state index in [-0.39, 0.29) is 0 Å². The van der Waals surface area contributed by atoms with E-state index < -0.39 is 0 Å². The van der Waals surface area contributed by atoms with Gasteiger partial charge in [0.05, 0.1) is 5.69 Å². The average molecular weight is 318 g/mol. The van der Waals surface area contributed by atoms with Gasteiger partial charge >= 0.3 is 0 Å². The van der Waals surface area contributed by atoms with Crippen LogP contribution in [0.1, 0.15) is 30.0 Å². The molecule has 0 radical (unpaired) electrons. The fourth-order valence-corrected chi connectivity index (χ4v) is 3.06. The van der Waals surface area contributed by atoms with Crippen molar-refractivity contribution in [2.45, 2.75) is 18.8 Å². The van der Waals surface area contributed by atoms with E-state index in [0.29, 0.717) is 5.92 Å². The zero-order valence-electron chi connectivity index (χ0n) is 13.8. The average Bonchev–Trinajstić information content (AvgIpc) is 2.67. The van der Waals surface area contributed by atoms with Crippen LogP contribution in [-0.2, 0) is 0 Å². The SMILES string of the molecule is C=CC=C(C=C)c1cnc(-c2ccncc2)nc1C1CCNCC1. The van der Waals surface area contributed by atoms with E-state index in [1.807, 2.05) is 30.5 Å². The molecule has 3 heterocycles. The van der Waals surface area contributed by atoms with Crippen LogP contribution >= 0.6 is 0 Å². The predicted octanol–water partition coefficient (Wildman–Crippen LogP) is 3.76. The third kappa shape index (κ3) is 3.49. The lowest BCUT2D eigenvalue weighted by atomic mass is 9.89. The second kappa shape index (κ2) is 7.79. The minimum atomic E-state index is 0.429. The van der Waals surface area contributed by atoms with E-state index >= 15 is 0 Å². The van der Waals surface area contributed by atoms with Gasteiger partial charge in [-0.25, -0.2) is 9.97 Å². The van der Waals surface area contributed by atoms with Crippen LogP contribution in [0.2, 0.25) is 0 Å². The van der Waals surface area contributed by atoms with Gasteiger partial charge in [-0.15, -0.1) is 0 Å². The molecule has 2 aromatic rings. The molecule has 1 fully saturated rings. The summed E-state index contributed by atoms with van der Waals surface area (Å²) in [5.74, 6) is 1.18. The molecule has 122 valence electrons. The lowest BCUT2D eigenvalue weighted by Gasteiger charge is -2.24. The summed E-state index contributed by atoms with van der Waals surface area (Å²) in [6.07, 6.45) is 13.2. The first-order valence-corrected chi connectivity index (χ1v) is 8.27. The molecule has 1 aliphatic heterocycles. The zero-order valence-corrected chi connectivity index (χ0v) is 13.8. The van der Waals surface area contributed by atoms with E-state index in [0.717, 1.165) is 54.1 Å². The quantitative estimate of drug-likeness (QED) is 0.853. The van der Waals surface area contributed by atoms with Crippen LogP contribution < -0.4 is 5.32 Å².